The summed E-state index contributed by atoms with van der Waals surface area (Å²) in [4.78, 5) is 25.6. The Kier molecular flexibility index (Phi) is 3.18. The SMILES string of the molecule is C[C@@H]1[C@@H](N)CN1c1cc2c(cc1F)c(=O)c(C(=O)O)cn2C1CC1. The maximum Gasteiger partial charge on any atom is 0.341 e. The van der Waals surface area contributed by atoms with E-state index in [9.17, 15) is 19.1 Å². The molecule has 0 bridgehead atoms. The van der Waals surface area contributed by atoms with Gasteiger partial charge >= 0.3 is 5.97 Å². The molecule has 1 saturated carbocycles. The third-order valence-corrected chi connectivity index (χ3v) is 5.10. The zero-order valence-electron chi connectivity index (χ0n) is 13.2. The highest BCUT2D eigenvalue weighted by atomic mass is 19.1. The van der Waals surface area contributed by atoms with Crippen LogP contribution in [0.2, 0.25) is 0 Å². The van der Waals surface area contributed by atoms with Crippen LogP contribution in [-0.4, -0.2) is 34.3 Å². The van der Waals surface area contributed by atoms with Gasteiger partial charge in [-0.25, -0.2) is 9.18 Å². The molecule has 4 rings (SSSR count). The Morgan fingerprint density at radius 3 is 2.62 bits per heavy atom. The smallest absolute Gasteiger partial charge is 0.341 e. The van der Waals surface area contributed by atoms with Crippen LogP contribution in [0.3, 0.4) is 0 Å². The number of carboxylic acids is 1. The predicted octanol–water partition coefficient (Wildman–Crippen LogP) is 1.71. The highest BCUT2D eigenvalue weighted by Crippen LogP contribution is 2.39. The number of nitrogens with zero attached hydrogens (tertiary/aromatic N) is 2. The second-order valence-corrected chi connectivity index (χ2v) is 6.69. The molecule has 0 radical (unpaired) electrons. The molecule has 2 heterocycles. The van der Waals surface area contributed by atoms with E-state index in [2.05, 4.69) is 0 Å². The number of nitrogens with two attached hydrogens (primary N) is 1. The van der Waals surface area contributed by atoms with Crippen molar-refractivity contribution in [3.63, 3.8) is 0 Å². The summed E-state index contributed by atoms with van der Waals surface area (Å²) in [6.45, 7) is 2.49. The van der Waals surface area contributed by atoms with Crippen LogP contribution in [0.1, 0.15) is 36.2 Å². The molecule has 3 N–H and O–H groups in total. The fourth-order valence-electron chi connectivity index (χ4n) is 3.34. The highest BCUT2D eigenvalue weighted by Gasteiger charge is 2.35. The van der Waals surface area contributed by atoms with E-state index in [0.717, 1.165) is 18.9 Å². The van der Waals surface area contributed by atoms with Gasteiger partial charge in [0, 0.05) is 36.3 Å². The van der Waals surface area contributed by atoms with Crippen molar-refractivity contribution in [2.75, 3.05) is 11.4 Å². The van der Waals surface area contributed by atoms with Crippen LogP contribution in [0, 0.1) is 5.82 Å². The average molecular weight is 331 g/mol. The molecule has 1 saturated heterocycles. The molecule has 1 aliphatic heterocycles. The monoisotopic (exact) mass is 331 g/mol. The average Bonchev–Trinajstić information content (AvgIpc) is 3.37. The van der Waals surface area contributed by atoms with Crippen LogP contribution in [-0.2, 0) is 0 Å². The summed E-state index contributed by atoms with van der Waals surface area (Å²) in [6, 6.07) is 3.00. The first-order valence-corrected chi connectivity index (χ1v) is 8.02. The fraction of sp³-hybridized carbons (Fsp3) is 0.412. The first-order chi connectivity index (χ1) is 11.4. The molecular formula is C17H18FN3O3. The Morgan fingerprint density at radius 1 is 1.38 bits per heavy atom. The van der Waals surface area contributed by atoms with E-state index in [4.69, 9.17) is 5.73 Å². The fourth-order valence-corrected chi connectivity index (χ4v) is 3.34. The first kappa shape index (κ1) is 15.1. The number of rotatable bonds is 3. The Labute approximate surface area is 137 Å². The summed E-state index contributed by atoms with van der Waals surface area (Å²) in [5.74, 6) is -1.81. The van der Waals surface area contributed by atoms with Gasteiger partial charge in [0.2, 0.25) is 5.43 Å². The maximum absolute atomic E-state index is 14.6. The number of halogens is 1. The number of hydrogen-bond acceptors (Lipinski definition) is 4. The second-order valence-electron chi connectivity index (χ2n) is 6.69. The number of anilines is 1. The lowest BCUT2D eigenvalue weighted by Gasteiger charge is -2.46. The molecule has 0 unspecified atom stereocenters. The van der Waals surface area contributed by atoms with Crippen molar-refractivity contribution in [1.82, 2.24) is 4.57 Å². The van der Waals surface area contributed by atoms with E-state index in [-0.39, 0.29) is 29.1 Å². The van der Waals surface area contributed by atoms with Crippen molar-refractivity contribution in [2.45, 2.75) is 37.9 Å². The molecule has 0 amide bonds. The molecule has 2 fully saturated rings. The summed E-state index contributed by atoms with van der Waals surface area (Å²) in [5.41, 5.74) is 5.92. The van der Waals surface area contributed by atoms with Gasteiger partial charge in [-0.2, -0.15) is 0 Å². The van der Waals surface area contributed by atoms with Crippen LogP contribution >= 0.6 is 0 Å². The topological polar surface area (TPSA) is 88.6 Å². The minimum Gasteiger partial charge on any atom is -0.477 e. The summed E-state index contributed by atoms with van der Waals surface area (Å²) in [7, 11) is 0. The third kappa shape index (κ3) is 2.11. The molecule has 1 aromatic heterocycles. The van der Waals surface area contributed by atoms with Crippen molar-refractivity contribution >= 4 is 22.6 Å². The van der Waals surface area contributed by atoms with Crippen LogP contribution in [0.25, 0.3) is 10.9 Å². The molecule has 126 valence electrons. The van der Waals surface area contributed by atoms with Gasteiger partial charge in [-0.3, -0.25) is 4.79 Å². The number of aromatic nitrogens is 1. The van der Waals surface area contributed by atoms with E-state index < -0.39 is 17.2 Å². The van der Waals surface area contributed by atoms with Gasteiger partial charge < -0.3 is 20.3 Å². The lowest BCUT2D eigenvalue weighted by Crippen LogP contribution is -2.63. The van der Waals surface area contributed by atoms with Gasteiger partial charge in [0.1, 0.15) is 11.4 Å². The molecule has 6 nitrogen and oxygen atoms in total. The highest BCUT2D eigenvalue weighted by molar-refractivity contribution is 5.93. The molecule has 2 atom stereocenters. The lowest BCUT2D eigenvalue weighted by molar-refractivity contribution is 0.0695. The van der Waals surface area contributed by atoms with E-state index in [1.165, 1.54) is 6.20 Å². The van der Waals surface area contributed by atoms with Gasteiger partial charge in [-0.05, 0) is 31.9 Å². The second kappa shape index (κ2) is 5.04. The third-order valence-electron chi connectivity index (χ3n) is 5.10. The quantitative estimate of drug-likeness (QED) is 0.894. The van der Waals surface area contributed by atoms with E-state index in [1.807, 2.05) is 11.8 Å². The summed E-state index contributed by atoms with van der Waals surface area (Å²) in [6.07, 6.45) is 3.24. The number of aromatic carboxylic acids is 1. The predicted molar refractivity (Wildman–Crippen MR) is 88.2 cm³/mol. The summed E-state index contributed by atoms with van der Waals surface area (Å²) >= 11 is 0. The number of benzene rings is 1. The van der Waals surface area contributed by atoms with Gasteiger partial charge in [0.15, 0.2) is 0 Å². The Balaban J connectivity index is 1.96. The molecule has 1 aliphatic carbocycles. The van der Waals surface area contributed by atoms with E-state index >= 15 is 0 Å². The van der Waals surface area contributed by atoms with Crippen LogP contribution in [0.15, 0.2) is 23.1 Å². The van der Waals surface area contributed by atoms with Crippen molar-refractivity contribution in [1.29, 1.82) is 0 Å². The van der Waals surface area contributed by atoms with Crippen molar-refractivity contribution < 1.29 is 14.3 Å². The van der Waals surface area contributed by atoms with Gasteiger partial charge in [-0.1, -0.05) is 0 Å². The normalized spacial score (nSPS) is 23.4. The summed E-state index contributed by atoms with van der Waals surface area (Å²) in [5, 5.41) is 9.36. The van der Waals surface area contributed by atoms with Gasteiger partial charge in [-0.15, -0.1) is 0 Å². The van der Waals surface area contributed by atoms with Gasteiger partial charge in [0.05, 0.1) is 11.2 Å². The Bertz CT molecular complexity index is 919. The number of carbonyl (C=O) groups is 1. The molecular weight excluding hydrogens is 313 g/mol. The largest absolute Gasteiger partial charge is 0.477 e. The van der Waals surface area contributed by atoms with Crippen LogP contribution < -0.4 is 16.1 Å². The van der Waals surface area contributed by atoms with E-state index in [1.54, 1.807) is 10.6 Å². The van der Waals surface area contributed by atoms with Crippen molar-refractivity contribution in [3.05, 3.63) is 39.9 Å². The number of hydrogen-bond donors (Lipinski definition) is 2. The molecule has 2 aromatic rings. The molecule has 0 spiro atoms. The minimum absolute atomic E-state index is 0.000100. The summed E-state index contributed by atoms with van der Waals surface area (Å²) < 4.78 is 16.4. The van der Waals surface area contributed by atoms with Crippen molar-refractivity contribution in [2.24, 2.45) is 5.73 Å². The lowest BCUT2D eigenvalue weighted by atomic mass is 9.97. The van der Waals surface area contributed by atoms with Crippen LogP contribution in [0.5, 0.6) is 0 Å². The zero-order chi connectivity index (χ0) is 17.2. The Hall–Kier alpha value is -2.41. The standard InChI is InChI=1S/C17H18FN3O3/c1-8-13(19)7-20(8)15-5-14-10(4-12(15)18)16(22)11(17(23)24)6-21(14)9-2-3-9/h4-6,8-9,13H,2-3,7,19H2,1H3,(H,23,24)/t8-,13+/m1/s1. The van der Waals surface area contributed by atoms with Crippen molar-refractivity contribution in [3.8, 4) is 0 Å². The van der Waals surface area contributed by atoms with E-state index in [0.29, 0.717) is 17.7 Å². The number of fused-ring (bicyclic) bond motifs is 1. The zero-order valence-corrected chi connectivity index (χ0v) is 13.2. The maximum atomic E-state index is 14.6. The van der Waals surface area contributed by atoms with Gasteiger partial charge in [0.25, 0.3) is 0 Å². The molecule has 24 heavy (non-hydrogen) atoms. The molecule has 2 aliphatic rings. The molecule has 7 heteroatoms. The first-order valence-electron chi connectivity index (χ1n) is 8.02. The number of carboxylic acid groups (broad SMARTS) is 1. The Morgan fingerprint density at radius 2 is 2.08 bits per heavy atom. The number of pyridine rings is 1. The minimum atomic E-state index is -1.29. The van der Waals surface area contributed by atoms with Crippen LogP contribution in [0.4, 0.5) is 10.1 Å². The molecule has 1 aromatic carbocycles.